The van der Waals surface area contributed by atoms with Crippen LogP contribution in [0.3, 0.4) is 0 Å². The standard InChI is InChI=1S/C30H34N2O6/c1-31-29(33)14-8-9-15-37-20-16-27(35-2)25(28(17-20)36-3)18-32-30(34)38-19-26-23-12-6-4-10-21(23)22-11-5-7-13-24(22)26/h4-7,10-13,16-17,26H,8-9,14-15,18-19H2,1-3H3,(H,31,33)(H,32,34). The van der Waals surface area contributed by atoms with Gasteiger partial charge in [-0.2, -0.15) is 0 Å². The van der Waals surface area contributed by atoms with E-state index >= 15 is 0 Å². The Morgan fingerprint density at radius 1 is 0.868 bits per heavy atom. The van der Waals surface area contributed by atoms with E-state index in [0.29, 0.717) is 35.8 Å². The fraction of sp³-hybridized carbons (Fsp3) is 0.333. The summed E-state index contributed by atoms with van der Waals surface area (Å²) in [5.41, 5.74) is 5.36. The molecule has 0 saturated heterocycles. The number of alkyl carbamates (subject to hydrolysis) is 1. The molecule has 3 aromatic carbocycles. The summed E-state index contributed by atoms with van der Waals surface area (Å²) in [4.78, 5) is 24.0. The van der Waals surface area contributed by atoms with E-state index in [1.807, 2.05) is 24.3 Å². The van der Waals surface area contributed by atoms with E-state index in [0.717, 1.165) is 24.0 Å². The first kappa shape index (κ1) is 26.9. The molecule has 2 amide bonds. The molecule has 8 heteroatoms. The van der Waals surface area contributed by atoms with Crippen molar-refractivity contribution in [2.75, 3.05) is 34.5 Å². The van der Waals surface area contributed by atoms with Crippen molar-refractivity contribution in [3.8, 4) is 28.4 Å². The highest BCUT2D eigenvalue weighted by atomic mass is 16.5. The zero-order valence-electron chi connectivity index (χ0n) is 22.0. The molecule has 3 aromatic rings. The number of ether oxygens (including phenoxy) is 4. The van der Waals surface area contributed by atoms with Crippen LogP contribution in [-0.2, 0) is 16.1 Å². The Morgan fingerprint density at radius 3 is 2.05 bits per heavy atom. The molecule has 4 rings (SSSR count). The fourth-order valence-electron chi connectivity index (χ4n) is 4.73. The third-order valence-electron chi connectivity index (χ3n) is 6.68. The summed E-state index contributed by atoms with van der Waals surface area (Å²) < 4.78 is 22.6. The van der Waals surface area contributed by atoms with Gasteiger partial charge in [0.15, 0.2) is 0 Å². The number of methoxy groups -OCH3 is 2. The van der Waals surface area contributed by atoms with Gasteiger partial charge >= 0.3 is 6.09 Å². The predicted molar refractivity (Wildman–Crippen MR) is 145 cm³/mol. The predicted octanol–water partition coefficient (Wildman–Crippen LogP) is 5.04. The maximum Gasteiger partial charge on any atom is 0.407 e. The second-order valence-electron chi connectivity index (χ2n) is 8.96. The van der Waals surface area contributed by atoms with Crippen molar-refractivity contribution in [1.29, 1.82) is 0 Å². The normalized spacial score (nSPS) is 11.8. The maximum absolute atomic E-state index is 12.7. The number of rotatable bonds is 12. The third-order valence-corrected chi connectivity index (χ3v) is 6.68. The Morgan fingerprint density at radius 2 is 1.47 bits per heavy atom. The SMILES string of the molecule is CNC(=O)CCCCOc1cc(OC)c(CNC(=O)OCC2c3ccccc3-c3ccccc32)c(OC)c1. The molecule has 0 aliphatic heterocycles. The van der Waals surface area contributed by atoms with Gasteiger partial charge in [0, 0.05) is 31.5 Å². The molecule has 2 N–H and O–H groups in total. The second kappa shape index (κ2) is 12.9. The largest absolute Gasteiger partial charge is 0.496 e. The number of fused-ring (bicyclic) bond motifs is 3. The first-order valence-corrected chi connectivity index (χ1v) is 12.7. The molecule has 0 radical (unpaired) electrons. The third kappa shape index (κ3) is 6.19. The van der Waals surface area contributed by atoms with Crippen LogP contribution in [0, 0.1) is 0 Å². The van der Waals surface area contributed by atoms with E-state index < -0.39 is 6.09 Å². The topological polar surface area (TPSA) is 95.1 Å². The molecular weight excluding hydrogens is 484 g/mol. The number of nitrogens with one attached hydrogen (secondary N) is 2. The lowest BCUT2D eigenvalue weighted by molar-refractivity contribution is -0.120. The molecule has 0 atom stereocenters. The van der Waals surface area contributed by atoms with Crippen molar-refractivity contribution < 1.29 is 28.5 Å². The Bertz CT molecular complexity index is 1200. The molecule has 38 heavy (non-hydrogen) atoms. The zero-order valence-corrected chi connectivity index (χ0v) is 22.0. The summed E-state index contributed by atoms with van der Waals surface area (Å²) in [5, 5.41) is 5.42. The van der Waals surface area contributed by atoms with Crippen LogP contribution in [0.25, 0.3) is 11.1 Å². The number of carbonyl (C=O) groups excluding carboxylic acids is 2. The van der Waals surface area contributed by atoms with Gasteiger partial charge < -0.3 is 29.6 Å². The molecule has 1 aliphatic rings. The molecule has 0 aromatic heterocycles. The molecule has 8 nitrogen and oxygen atoms in total. The van der Waals surface area contributed by atoms with E-state index in [1.165, 1.54) is 11.1 Å². The summed E-state index contributed by atoms with van der Waals surface area (Å²) in [7, 11) is 4.73. The molecule has 0 saturated carbocycles. The first-order valence-electron chi connectivity index (χ1n) is 12.7. The number of carbonyl (C=O) groups is 2. The summed E-state index contributed by atoms with van der Waals surface area (Å²) in [6.07, 6.45) is 1.42. The number of amides is 2. The van der Waals surface area contributed by atoms with Gasteiger partial charge in [-0.15, -0.1) is 0 Å². The van der Waals surface area contributed by atoms with Gasteiger partial charge in [-0.3, -0.25) is 4.79 Å². The lowest BCUT2D eigenvalue weighted by Crippen LogP contribution is -2.26. The van der Waals surface area contributed by atoms with Gasteiger partial charge in [0.05, 0.1) is 32.9 Å². The molecule has 0 bridgehead atoms. The highest BCUT2D eigenvalue weighted by molar-refractivity contribution is 5.79. The first-order chi connectivity index (χ1) is 18.5. The quantitative estimate of drug-likeness (QED) is 0.326. The van der Waals surface area contributed by atoms with Crippen LogP contribution < -0.4 is 24.8 Å². The average molecular weight is 519 g/mol. The Kier molecular flexibility index (Phi) is 9.08. The number of benzene rings is 3. The highest BCUT2D eigenvalue weighted by Gasteiger charge is 2.29. The van der Waals surface area contributed by atoms with Crippen molar-refractivity contribution in [2.24, 2.45) is 0 Å². The van der Waals surface area contributed by atoms with Crippen LogP contribution in [0.5, 0.6) is 17.2 Å². The Hall–Kier alpha value is -4.20. The number of hydrogen-bond acceptors (Lipinski definition) is 6. The molecule has 200 valence electrons. The maximum atomic E-state index is 12.7. The zero-order chi connectivity index (χ0) is 26.9. The average Bonchev–Trinajstić information content (AvgIpc) is 3.27. The fourth-order valence-corrected chi connectivity index (χ4v) is 4.73. The lowest BCUT2D eigenvalue weighted by Gasteiger charge is -2.17. The minimum Gasteiger partial charge on any atom is -0.496 e. The minimum absolute atomic E-state index is 0.00925. The molecular formula is C30H34N2O6. The van der Waals surface area contributed by atoms with Crippen molar-refractivity contribution >= 4 is 12.0 Å². The highest BCUT2D eigenvalue weighted by Crippen LogP contribution is 2.44. The van der Waals surface area contributed by atoms with Crippen molar-refractivity contribution in [3.63, 3.8) is 0 Å². The van der Waals surface area contributed by atoms with Gasteiger partial charge in [0.25, 0.3) is 0 Å². The smallest absolute Gasteiger partial charge is 0.407 e. The number of unbranched alkanes of at least 4 members (excludes halogenated alkanes) is 1. The number of hydrogen-bond donors (Lipinski definition) is 2. The van der Waals surface area contributed by atoms with E-state index in [9.17, 15) is 9.59 Å². The second-order valence-corrected chi connectivity index (χ2v) is 8.96. The van der Waals surface area contributed by atoms with Crippen LogP contribution in [-0.4, -0.2) is 46.5 Å². The lowest BCUT2D eigenvalue weighted by atomic mass is 9.98. The van der Waals surface area contributed by atoms with Crippen molar-refractivity contribution in [1.82, 2.24) is 10.6 Å². The van der Waals surface area contributed by atoms with E-state index in [2.05, 4.69) is 34.9 Å². The van der Waals surface area contributed by atoms with Crippen LogP contribution in [0.15, 0.2) is 60.7 Å². The summed E-state index contributed by atoms with van der Waals surface area (Å²) in [6, 6.07) is 20.0. The monoisotopic (exact) mass is 518 g/mol. The molecule has 0 heterocycles. The Balaban J connectivity index is 1.34. The van der Waals surface area contributed by atoms with E-state index in [4.69, 9.17) is 18.9 Å². The van der Waals surface area contributed by atoms with Gasteiger partial charge in [-0.05, 0) is 35.1 Å². The van der Waals surface area contributed by atoms with Gasteiger partial charge in [-0.25, -0.2) is 4.79 Å². The van der Waals surface area contributed by atoms with Crippen LogP contribution in [0.2, 0.25) is 0 Å². The summed E-state index contributed by atoms with van der Waals surface area (Å²) >= 11 is 0. The van der Waals surface area contributed by atoms with Gasteiger partial charge in [0.1, 0.15) is 23.9 Å². The minimum atomic E-state index is -0.521. The van der Waals surface area contributed by atoms with Gasteiger partial charge in [-0.1, -0.05) is 48.5 Å². The molecule has 1 aliphatic carbocycles. The molecule has 0 spiro atoms. The molecule has 0 fully saturated rings. The summed E-state index contributed by atoms with van der Waals surface area (Å²) in [6.45, 7) is 0.858. The van der Waals surface area contributed by atoms with Crippen LogP contribution >= 0.6 is 0 Å². The van der Waals surface area contributed by atoms with Gasteiger partial charge in [0.2, 0.25) is 5.91 Å². The van der Waals surface area contributed by atoms with E-state index in [-0.39, 0.29) is 25.0 Å². The molecule has 0 unspecified atom stereocenters. The van der Waals surface area contributed by atoms with Crippen molar-refractivity contribution in [3.05, 3.63) is 77.4 Å². The van der Waals surface area contributed by atoms with E-state index in [1.54, 1.807) is 33.4 Å². The van der Waals surface area contributed by atoms with Crippen LogP contribution in [0.1, 0.15) is 41.9 Å². The van der Waals surface area contributed by atoms with Crippen LogP contribution in [0.4, 0.5) is 4.79 Å². The van der Waals surface area contributed by atoms with Crippen molar-refractivity contribution in [2.45, 2.75) is 31.7 Å². The summed E-state index contributed by atoms with van der Waals surface area (Å²) in [5.74, 6) is 1.66. The Labute approximate surface area is 223 Å².